The number of hydrogen-bond acceptors (Lipinski definition) is 4. The van der Waals surface area contributed by atoms with E-state index in [9.17, 15) is 4.79 Å². The summed E-state index contributed by atoms with van der Waals surface area (Å²) in [6, 6.07) is 9.99. The van der Waals surface area contributed by atoms with E-state index < -0.39 is 0 Å². The number of amides is 1. The van der Waals surface area contributed by atoms with Crippen LogP contribution in [0.15, 0.2) is 36.5 Å². The smallest absolute Gasteiger partial charge is 0.252 e. The monoisotopic (exact) mass is 377 g/mol. The topological polar surface area (TPSA) is 63.1 Å². The van der Waals surface area contributed by atoms with Crippen LogP contribution in [0.5, 0.6) is 0 Å². The second-order valence-electron chi connectivity index (χ2n) is 7.58. The second kappa shape index (κ2) is 7.72. The number of pyridine rings is 1. The maximum Gasteiger partial charge on any atom is 0.252 e. The van der Waals surface area contributed by atoms with E-state index in [0.717, 1.165) is 60.3 Å². The number of aryl methyl sites for hydroxylation is 1. The molecule has 0 radical (unpaired) electrons. The quantitative estimate of drug-likeness (QED) is 0.758. The number of rotatable bonds is 4. The summed E-state index contributed by atoms with van der Waals surface area (Å²) in [7, 11) is 2.12. The third-order valence-electron chi connectivity index (χ3n) is 5.69. The minimum atomic E-state index is -0.0186. The van der Waals surface area contributed by atoms with Crippen molar-refractivity contribution in [1.82, 2.24) is 25.0 Å². The van der Waals surface area contributed by atoms with Crippen LogP contribution in [0.2, 0.25) is 0 Å². The molecule has 6 heteroatoms. The maximum absolute atomic E-state index is 13.2. The van der Waals surface area contributed by atoms with Crippen molar-refractivity contribution in [3.63, 3.8) is 0 Å². The molecule has 3 aromatic rings. The summed E-state index contributed by atoms with van der Waals surface area (Å²) in [4.78, 5) is 20.3. The third-order valence-corrected chi connectivity index (χ3v) is 5.69. The predicted molar refractivity (Wildman–Crippen MR) is 111 cm³/mol. The number of para-hydroxylation sites is 1. The maximum atomic E-state index is 13.2. The first-order chi connectivity index (χ1) is 13.6. The summed E-state index contributed by atoms with van der Waals surface area (Å²) in [5.41, 5.74) is 4.35. The largest absolute Gasteiger partial charge is 0.349 e. The van der Waals surface area contributed by atoms with Gasteiger partial charge in [-0.05, 0) is 59.0 Å². The fraction of sp³-hybridized carbons (Fsp3) is 0.409. The summed E-state index contributed by atoms with van der Waals surface area (Å²) < 4.78 is 1.95. The molecule has 0 spiro atoms. The van der Waals surface area contributed by atoms with Crippen molar-refractivity contribution < 1.29 is 4.79 Å². The zero-order valence-electron chi connectivity index (χ0n) is 16.8. The van der Waals surface area contributed by atoms with Crippen LogP contribution >= 0.6 is 0 Å². The molecular formula is C22H27N5O. The number of likely N-dealkylation sites (tertiary alicyclic amines) is 1. The number of hydrogen-bond donors (Lipinski definition) is 1. The minimum Gasteiger partial charge on any atom is -0.349 e. The van der Waals surface area contributed by atoms with Crippen LogP contribution in [0.3, 0.4) is 0 Å². The molecule has 0 saturated carbocycles. The lowest BCUT2D eigenvalue weighted by molar-refractivity contribution is 0.0918. The van der Waals surface area contributed by atoms with Gasteiger partial charge in [0.25, 0.3) is 5.91 Å². The van der Waals surface area contributed by atoms with E-state index in [2.05, 4.69) is 29.3 Å². The molecule has 0 aliphatic carbocycles. The van der Waals surface area contributed by atoms with Gasteiger partial charge in [0.1, 0.15) is 0 Å². The van der Waals surface area contributed by atoms with Crippen LogP contribution in [-0.4, -0.2) is 51.8 Å². The van der Waals surface area contributed by atoms with E-state index in [1.807, 2.05) is 48.1 Å². The minimum absolute atomic E-state index is 0.0186. The average Bonchev–Trinajstić information content (AvgIpc) is 3.09. The van der Waals surface area contributed by atoms with E-state index >= 15 is 0 Å². The molecule has 1 amide bonds. The van der Waals surface area contributed by atoms with Crippen molar-refractivity contribution in [2.24, 2.45) is 0 Å². The number of nitrogens with one attached hydrogen (secondary N) is 1. The Kier molecular flexibility index (Phi) is 5.13. The Balaban J connectivity index is 1.72. The van der Waals surface area contributed by atoms with Crippen molar-refractivity contribution in [3.8, 4) is 11.3 Å². The molecule has 1 aliphatic rings. The zero-order chi connectivity index (χ0) is 19.7. The molecule has 1 fully saturated rings. The van der Waals surface area contributed by atoms with Crippen LogP contribution in [-0.2, 0) is 6.54 Å². The first kappa shape index (κ1) is 18.6. The van der Waals surface area contributed by atoms with Gasteiger partial charge in [-0.15, -0.1) is 0 Å². The summed E-state index contributed by atoms with van der Waals surface area (Å²) in [6.45, 7) is 6.95. The molecule has 2 aromatic heterocycles. The van der Waals surface area contributed by atoms with Gasteiger partial charge in [0, 0.05) is 29.2 Å². The van der Waals surface area contributed by atoms with Gasteiger partial charge in [-0.3, -0.25) is 9.48 Å². The Labute approximate surface area is 165 Å². The molecule has 3 heterocycles. The second-order valence-corrected chi connectivity index (χ2v) is 7.58. The van der Waals surface area contributed by atoms with Crippen LogP contribution in [0.4, 0.5) is 0 Å². The highest BCUT2D eigenvalue weighted by atomic mass is 16.1. The van der Waals surface area contributed by atoms with E-state index in [-0.39, 0.29) is 11.9 Å². The van der Waals surface area contributed by atoms with Gasteiger partial charge < -0.3 is 10.2 Å². The van der Waals surface area contributed by atoms with Gasteiger partial charge in [-0.25, -0.2) is 4.98 Å². The Morgan fingerprint density at radius 3 is 2.71 bits per heavy atom. The number of fused-ring (bicyclic) bond motifs is 1. The van der Waals surface area contributed by atoms with Crippen molar-refractivity contribution in [1.29, 1.82) is 0 Å². The highest BCUT2D eigenvalue weighted by molar-refractivity contribution is 6.07. The SMILES string of the molecule is CCn1ncc(-c2cc(C(=O)NC3CCN(C)CC3)c3ccccc3n2)c1C. The lowest BCUT2D eigenvalue weighted by Crippen LogP contribution is -2.43. The van der Waals surface area contributed by atoms with Crippen molar-refractivity contribution in [2.75, 3.05) is 20.1 Å². The number of carbonyl (C=O) groups excluding carboxylic acids is 1. The Hall–Kier alpha value is -2.73. The zero-order valence-corrected chi connectivity index (χ0v) is 16.8. The summed E-state index contributed by atoms with van der Waals surface area (Å²) in [5, 5.41) is 8.57. The molecule has 146 valence electrons. The molecule has 1 N–H and O–H groups in total. The standard InChI is InChI=1S/C22H27N5O/c1-4-27-15(2)19(14-23-27)21-13-18(17-7-5-6-8-20(17)25-21)22(28)24-16-9-11-26(3)12-10-16/h5-8,13-14,16H,4,9-12H2,1-3H3,(H,24,28). The van der Waals surface area contributed by atoms with Crippen molar-refractivity contribution in [2.45, 2.75) is 39.3 Å². The normalized spacial score (nSPS) is 15.8. The molecule has 4 rings (SSSR count). The molecule has 1 aromatic carbocycles. The average molecular weight is 377 g/mol. The highest BCUT2D eigenvalue weighted by Gasteiger charge is 2.21. The molecule has 0 bridgehead atoms. The lowest BCUT2D eigenvalue weighted by atomic mass is 10.0. The third kappa shape index (κ3) is 3.52. The Morgan fingerprint density at radius 1 is 1.25 bits per heavy atom. The molecule has 0 atom stereocenters. The first-order valence-electron chi connectivity index (χ1n) is 9.98. The Bertz CT molecular complexity index is 1000. The van der Waals surface area contributed by atoms with Gasteiger partial charge >= 0.3 is 0 Å². The number of piperidine rings is 1. The molecular weight excluding hydrogens is 350 g/mol. The predicted octanol–water partition coefficient (Wildman–Crippen LogP) is 3.25. The Morgan fingerprint density at radius 2 is 2.00 bits per heavy atom. The molecule has 1 aliphatic heterocycles. The first-order valence-corrected chi connectivity index (χ1v) is 9.98. The van der Waals surface area contributed by atoms with E-state index in [0.29, 0.717) is 5.56 Å². The fourth-order valence-corrected chi connectivity index (χ4v) is 3.93. The summed E-state index contributed by atoms with van der Waals surface area (Å²) >= 11 is 0. The van der Waals surface area contributed by atoms with Crippen LogP contribution in [0, 0.1) is 6.92 Å². The van der Waals surface area contributed by atoms with E-state index in [4.69, 9.17) is 4.98 Å². The molecule has 6 nitrogen and oxygen atoms in total. The number of benzene rings is 1. The number of nitrogens with zero attached hydrogens (tertiary/aromatic N) is 4. The van der Waals surface area contributed by atoms with Gasteiger partial charge in [-0.2, -0.15) is 5.10 Å². The van der Waals surface area contributed by atoms with Crippen molar-refractivity contribution in [3.05, 3.63) is 47.8 Å². The molecule has 28 heavy (non-hydrogen) atoms. The molecule has 1 saturated heterocycles. The van der Waals surface area contributed by atoms with E-state index in [1.54, 1.807) is 0 Å². The van der Waals surface area contributed by atoms with Crippen LogP contribution in [0.25, 0.3) is 22.2 Å². The van der Waals surface area contributed by atoms with Gasteiger partial charge in [0.15, 0.2) is 0 Å². The van der Waals surface area contributed by atoms with Crippen LogP contribution in [0.1, 0.15) is 35.8 Å². The molecule has 0 unspecified atom stereocenters. The van der Waals surface area contributed by atoms with E-state index in [1.165, 1.54) is 0 Å². The van der Waals surface area contributed by atoms with Crippen molar-refractivity contribution >= 4 is 16.8 Å². The lowest BCUT2D eigenvalue weighted by Gasteiger charge is -2.29. The fourth-order valence-electron chi connectivity index (χ4n) is 3.93. The number of aromatic nitrogens is 3. The van der Waals surface area contributed by atoms with Gasteiger partial charge in [-0.1, -0.05) is 18.2 Å². The van der Waals surface area contributed by atoms with Crippen LogP contribution < -0.4 is 5.32 Å². The van der Waals surface area contributed by atoms with Gasteiger partial charge in [0.05, 0.1) is 23.0 Å². The number of carbonyl (C=O) groups is 1. The highest BCUT2D eigenvalue weighted by Crippen LogP contribution is 2.27. The summed E-state index contributed by atoms with van der Waals surface area (Å²) in [5.74, 6) is -0.0186. The van der Waals surface area contributed by atoms with Gasteiger partial charge in [0.2, 0.25) is 0 Å². The summed E-state index contributed by atoms with van der Waals surface area (Å²) in [6.07, 6.45) is 3.82.